The van der Waals surface area contributed by atoms with Crippen molar-refractivity contribution in [2.75, 3.05) is 18.5 Å². The van der Waals surface area contributed by atoms with Gasteiger partial charge in [-0.3, -0.25) is 24.1 Å². The molecular weight excluding hydrogens is 456 g/mol. The molecule has 3 aromatic rings. The molecule has 1 heterocycles. The molecule has 3 aliphatic carbocycles. The van der Waals surface area contributed by atoms with E-state index in [1.54, 1.807) is 12.1 Å². The van der Waals surface area contributed by atoms with Gasteiger partial charge in [0.15, 0.2) is 6.61 Å². The van der Waals surface area contributed by atoms with Crippen LogP contribution in [0.25, 0.3) is 0 Å². The van der Waals surface area contributed by atoms with Crippen LogP contribution in [0, 0.1) is 18.8 Å². The molecule has 36 heavy (non-hydrogen) atoms. The Morgan fingerprint density at radius 2 is 1.25 bits per heavy atom. The number of nitrogens with one attached hydrogen (secondary N) is 1. The highest BCUT2D eigenvalue weighted by Gasteiger charge is 2.61. The van der Waals surface area contributed by atoms with Crippen LogP contribution in [0.3, 0.4) is 0 Å². The normalized spacial score (nSPS) is 23.1. The van der Waals surface area contributed by atoms with E-state index in [0.717, 1.165) is 32.7 Å². The van der Waals surface area contributed by atoms with Gasteiger partial charge in [-0.25, -0.2) is 0 Å². The van der Waals surface area contributed by atoms with E-state index < -0.39 is 36.9 Å². The van der Waals surface area contributed by atoms with E-state index in [-0.39, 0.29) is 23.7 Å². The van der Waals surface area contributed by atoms with Crippen molar-refractivity contribution in [2.24, 2.45) is 11.8 Å². The Labute approximate surface area is 208 Å². The van der Waals surface area contributed by atoms with Gasteiger partial charge in [0.2, 0.25) is 11.8 Å². The minimum absolute atomic E-state index is 0.232. The second-order valence-electron chi connectivity index (χ2n) is 9.55. The largest absolute Gasteiger partial charge is 0.454 e. The van der Waals surface area contributed by atoms with E-state index >= 15 is 0 Å². The molecule has 0 saturated carbocycles. The molecule has 7 heteroatoms. The summed E-state index contributed by atoms with van der Waals surface area (Å²) >= 11 is 0. The first-order chi connectivity index (χ1) is 17.5. The highest BCUT2D eigenvalue weighted by Crippen LogP contribution is 2.60. The van der Waals surface area contributed by atoms with Crippen LogP contribution in [0.5, 0.6) is 0 Å². The van der Waals surface area contributed by atoms with Crippen molar-refractivity contribution in [3.63, 3.8) is 0 Å². The molecular formula is C29H24N2O5. The Morgan fingerprint density at radius 1 is 0.778 bits per heavy atom. The predicted octanol–water partition coefficient (Wildman–Crippen LogP) is 3.37. The number of nitrogens with zero attached hydrogens (tertiary/aromatic N) is 1. The summed E-state index contributed by atoms with van der Waals surface area (Å²) in [6.07, 6.45) is 0. The van der Waals surface area contributed by atoms with Gasteiger partial charge in [-0.05, 0) is 40.8 Å². The Hall–Kier alpha value is -4.26. The van der Waals surface area contributed by atoms with E-state index in [4.69, 9.17) is 4.74 Å². The number of likely N-dealkylation sites (tertiary alicyclic amines) is 1. The van der Waals surface area contributed by atoms with Crippen LogP contribution in [0.2, 0.25) is 0 Å². The summed E-state index contributed by atoms with van der Waals surface area (Å²) in [5.74, 6) is -3.56. The molecule has 2 atom stereocenters. The fourth-order valence-electron chi connectivity index (χ4n) is 6.12. The fraction of sp³-hybridized carbons (Fsp3) is 0.241. The number of carbonyl (C=O) groups excluding carboxylic acids is 4. The number of hydrogen-bond donors (Lipinski definition) is 1. The van der Waals surface area contributed by atoms with Crippen LogP contribution in [0.15, 0.2) is 72.8 Å². The van der Waals surface area contributed by atoms with E-state index in [2.05, 4.69) is 5.32 Å². The number of rotatable bonds is 5. The van der Waals surface area contributed by atoms with Crippen molar-refractivity contribution in [1.29, 1.82) is 0 Å². The van der Waals surface area contributed by atoms with E-state index in [9.17, 15) is 19.2 Å². The highest BCUT2D eigenvalue weighted by molar-refractivity contribution is 6.09. The number of para-hydroxylation sites is 1. The van der Waals surface area contributed by atoms with Gasteiger partial charge < -0.3 is 10.1 Å². The van der Waals surface area contributed by atoms with Gasteiger partial charge in [-0.15, -0.1) is 0 Å². The molecule has 1 N–H and O–H groups in total. The first kappa shape index (κ1) is 22.2. The summed E-state index contributed by atoms with van der Waals surface area (Å²) in [5, 5.41) is 2.69. The van der Waals surface area contributed by atoms with Crippen molar-refractivity contribution >= 4 is 29.4 Å². The lowest BCUT2D eigenvalue weighted by molar-refractivity contribution is -0.154. The van der Waals surface area contributed by atoms with Crippen molar-refractivity contribution < 1.29 is 23.9 Å². The van der Waals surface area contributed by atoms with Gasteiger partial charge in [-0.2, -0.15) is 0 Å². The topological polar surface area (TPSA) is 92.8 Å². The minimum atomic E-state index is -0.794. The lowest BCUT2D eigenvalue weighted by Crippen LogP contribution is -2.41. The van der Waals surface area contributed by atoms with Gasteiger partial charge in [0, 0.05) is 17.5 Å². The zero-order valence-corrected chi connectivity index (χ0v) is 19.6. The Morgan fingerprint density at radius 3 is 1.75 bits per heavy atom. The molecule has 3 aromatic carbocycles. The number of anilines is 1. The third-order valence-electron chi connectivity index (χ3n) is 7.61. The predicted molar refractivity (Wildman–Crippen MR) is 131 cm³/mol. The molecule has 0 aromatic heterocycles. The summed E-state index contributed by atoms with van der Waals surface area (Å²) < 4.78 is 5.12. The third-order valence-corrected chi connectivity index (χ3v) is 7.61. The number of carbonyl (C=O) groups is 4. The van der Waals surface area contributed by atoms with Crippen LogP contribution in [-0.2, 0) is 23.9 Å². The van der Waals surface area contributed by atoms with Gasteiger partial charge in [0.25, 0.3) is 5.91 Å². The average molecular weight is 481 g/mol. The Bertz CT molecular complexity index is 1310. The molecule has 1 aliphatic heterocycles. The zero-order chi connectivity index (χ0) is 25.0. The maximum Gasteiger partial charge on any atom is 0.326 e. The summed E-state index contributed by atoms with van der Waals surface area (Å²) in [7, 11) is 0. The monoisotopic (exact) mass is 480 g/mol. The molecule has 1 fully saturated rings. The molecule has 0 unspecified atom stereocenters. The van der Waals surface area contributed by atoms with Crippen LogP contribution in [-0.4, -0.2) is 41.7 Å². The number of imide groups is 1. The third kappa shape index (κ3) is 3.34. The molecule has 4 aliphatic rings. The van der Waals surface area contributed by atoms with Crippen LogP contribution >= 0.6 is 0 Å². The molecule has 0 spiro atoms. The number of hydrogen-bond acceptors (Lipinski definition) is 5. The molecule has 0 radical (unpaired) electrons. The van der Waals surface area contributed by atoms with Crippen molar-refractivity contribution in [3.8, 4) is 0 Å². The van der Waals surface area contributed by atoms with E-state index in [0.29, 0.717) is 5.69 Å². The summed E-state index contributed by atoms with van der Waals surface area (Å²) in [5.41, 5.74) is 5.79. The molecule has 3 amide bonds. The average Bonchev–Trinajstić information content (AvgIpc) is 3.14. The highest BCUT2D eigenvalue weighted by atomic mass is 16.5. The van der Waals surface area contributed by atoms with E-state index in [1.165, 1.54) is 0 Å². The smallest absolute Gasteiger partial charge is 0.326 e. The van der Waals surface area contributed by atoms with Crippen LogP contribution in [0.1, 0.15) is 39.7 Å². The SMILES string of the molecule is Cc1ccccc1NC(=O)COC(=O)CN1C(=O)[C@H]2C3c4ccccc4C(c4ccccc43)[C@@H]2C1=O. The van der Waals surface area contributed by atoms with Gasteiger partial charge >= 0.3 is 5.97 Å². The lowest BCUT2D eigenvalue weighted by atomic mass is 9.55. The second kappa shape index (κ2) is 8.45. The number of ether oxygens (including phenoxy) is 1. The molecule has 7 rings (SSSR count). The number of amides is 3. The van der Waals surface area contributed by atoms with Crippen LogP contribution < -0.4 is 5.32 Å². The van der Waals surface area contributed by atoms with Crippen molar-refractivity contribution in [3.05, 3.63) is 101 Å². The number of benzene rings is 3. The second-order valence-corrected chi connectivity index (χ2v) is 9.55. The van der Waals surface area contributed by atoms with Crippen molar-refractivity contribution in [2.45, 2.75) is 18.8 Å². The molecule has 7 nitrogen and oxygen atoms in total. The molecule has 2 bridgehead atoms. The van der Waals surface area contributed by atoms with Crippen LogP contribution in [0.4, 0.5) is 5.69 Å². The minimum Gasteiger partial charge on any atom is -0.454 e. The molecule has 1 saturated heterocycles. The summed E-state index contributed by atoms with van der Waals surface area (Å²) in [6.45, 7) is 0.849. The number of aryl methyl sites for hydroxylation is 1. The Balaban J connectivity index is 1.19. The molecule has 180 valence electrons. The maximum absolute atomic E-state index is 13.5. The first-order valence-electron chi connectivity index (χ1n) is 12.0. The quantitative estimate of drug-likeness (QED) is 0.447. The zero-order valence-electron chi connectivity index (χ0n) is 19.6. The van der Waals surface area contributed by atoms with Crippen molar-refractivity contribution in [1.82, 2.24) is 4.90 Å². The van der Waals surface area contributed by atoms with Gasteiger partial charge in [-0.1, -0.05) is 66.7 Å². The maximum atomic E-state index is 13.5. The Kier molecular flexibility index (Phi) is 5.21. The van der Waals surface area contributed by atoms with E-state index in [1.807, 2.05) is 67.6 Å². The summed E-state index contributed by atoms with van der Waals surface area (Å²) in [4.78, 5) is 52.9. The lowest BCUT2D eigenvalue weighted by Gasteiger charge is -2.45. The standard InChI is InChI=1S/C29H24N2O5/c1-16-8-2-7-13-21(16)30-22(32)15-36-23(33)14-31-28(34)26-24-17-9-3-4-10-18(17)25(27(26)29(31)35)20-12-6-5-11-19(20)24/h2-13,24-27H,14-15H2,1H3,(H,30,32)/t24?,25?,26-,27-/m0/s1. The number of esters is 1. The first-order valence-corrected chi connectivity index (χ1v) is 12.0. The summed E-state index contributed by atoms with van der Waals surface area (Å²) in [6, 6.07) is 23.2. The van der Waals surface area contributed by atoms with Gasteiger partial charge in [0.05, 0.1) is 11.8 Å². The fourth-order valence-corrected chi connectivity index (χ4v) is 6.12. The van der Waals surface area contributed by atoms with Gasteiger partial charge in [0.1, 0.15) is 6.54 Å².